The number of carbonyl (C=O) groups is 3. The smallest absolute Gasteiger partial charge is 0.272 e. The van der Waals surface area contributed by atoms with Gasteiger partial charge in [-0.25, -0.2) is 0 Å². The van der Waals surface area contributed by atoms with Crippen LogP contribution in [0.1, 0.15) is 26.3 Å². The van der Waals surface area contributed by atoms with Crippen molar-refractivity contribution in [2.45, 2.75) is 4.90 Å². The van der Waals surface area contributed by atoms with Gasteiger partial charge in [-0.05, 0) is 60.7 Å². The second kappa shape index (κ2) is 13.9. The lowest BCUT2D eigenvalue weighted by Gasteiger charge is -2.13. The Bertz CT molecular complexity index is 1590. The summed E-state index contributed by atoms with van der Waals surface area (Å²) in [6, 6.07) is 27.0. The summed E-state index contributed by atoms with van der Waals surface area (Å²) in [7, 11) is 2.99. The lowest BCUT2D eigenvalue weighted by atomic mass is 10.1. The molecule has 0 aliphatic heterocycles. The average molecular weight is 569 g/mol. The first-order chi connectivity index (χ1) is 19.9. The molecule has 3 N–H and O–H groups in total. The molecule has 4 rings (SSSR count). The van der Waals surface area contributed by atoms with Crippen molar-refractivity contribution >= 4 is 41.1 Å². The molecule has 0 aromatic heterocycles. The third-order valence-corrected chi connectivity index (χ3v) is 6.89. The number of thioether (sulfide) groups is 1. The van der Waals surface area contributed by atoms with Crippen molar-refractivity contribution in [2.75, 3.05) is 25.3 Å². The molecule has 0 unspecified atom stereocenters. The highest BCUT2D eigenvalue weighted by Gasteiger charge is 2.17. The monoisotopic (exact) mass is 568 g/mol. The highest BCUT2D eigenvalue weighted by Crippen LogP contribution is 2.27. The van der Waals surface area contributed by atoms with Gasteiger partial charge in [0.2, 0.25) is 0 Å². The van der Waals surface area contributed by atoms with Gasteiger partial charge in [0.25, 0.3) is 11.8 Å². The van der Waals surface area contributed by atoms with Crippen LogP contribution in [-0.4, -0.2) is 42.7 Å². The van der Waals surface area contributed by atoms with E-state index >= 15 is 0 Å². The standard InChI is InChI=1S/C32H28N2O6S/c1-39-26-12-6-10-22(16-26)29(36)20-41-27-13-7-11-24(18-27)33-32(38)28(34-31(37)21-8-4-3-5-9-21)17-23-14-15-25(35)19-30(23)40-2/h3-19,35H,20H2,1-2H3,(H,33,38)(H,34,37)/b28-17-. The molecule has 0 spiro atoms. The molecule has 0 radical (unpaired) electrons. The average Bonchev–Trinajstić information content (AvgIpc) is 3.00. The molecule has 4 aromatic carbocycles. The van der Waals surface area contributed by atoms with Crippen LogP contribution in [0.4, 0.5) is 5.69 Å². The zero-order chi connectivity index (χ0) is 29.2. The number of phenolic OH excluding ortho intramolecular Hbond substituents is 1. The fourth-order valence-electron chi connectivity index (χ4n) is 3.81. The number of Topliss-reactive ketones (excluding diaryl/α,β-unsaturated/α-hetero) is 1. The number of aromatic hydroxyl groups is 1. The van der Waals surface area contributed by atoms with Gasteiger partial charge in [0.05, 0.1) is 20.0 Å². The van der Waals surface area contributed by atoms with E-state index in [1.807, 2.05) is 6.07 Å². The highest BCUT2D eigenvalue weighted by atomic mass is 32.2. The van der Waals surface area contributed by atoms with E-state index in [1.54, 1.807) is 86.0 Å². The third kappa shape index (κ3) is 8.00. The van der Waals surface area contributed by atoms with Gasteiger partial charge < -0.3 is 25.2 Å². The molecule has 0 aliphatic rings. The van der Waals surface area contributed by atoms with E-state index in [-0.39, 0.29) is 23.0 Å². The van der Waals surface area contributed by atoms with Crippen molar-refractivity contribution in [3.8, 4) is 17.2 Å². The number of rotatable bonds is 11. The molecule has 208 valence electrons. The number of ketones is 1. The van der Waals surface area contributed by atoms with Crippen LogP contribution in [0, 0.1) is 0 Å². The number of hydrogen-bond donors (Lipinski definition) is 3. The van der Waals surface area contributed by atoms with E-state index in [1.165, 1.54) is 37.1 Å². The Labute approximate surface area is 242 Å². The summed E-state index contributed by atoms with van der Waals surface area (Å²) in [6.07, 6.45) is 1.47. The van der Waals surface area contributed by atoms with Crippen LogP contribution in [0.2, 0.25) is 0 Å². The van der Waals surface area contributed by atoms with Crippen LogP contribution >= 0.6 is 11.8 Å². The van der Waals surface area contributed by atoms with Gasteiger partial charge in [-0.2, -0.15) is 0 Å². The van der Waals surface area contributed by atoms with Crippen LogP contribution in [0.25, 0.3) is 6.08 Å². The summed E-state index contributed by atoms with van der Waals surface area (Å²) in [6.45, 7) is 0. The summed E-state index contributed by atoms with van der Waals surface area (Å²) < 4.78 is 10.5. The van der Waals surface area contributed by atoms with E-state index in [0.29, 0.717) is 33.9 Å². The van der Waals surface area contributed by atoms with Gasteiger partial charge in [-0.15, -0.1) is 11.8 Å². The summed E-state index contributed by atoms with van der Waals surface area (Å²) in [5.74, 6) is 0.0347. The quantitative estimate of drug-likeness (QED) is 0.119. The number of nitrogens with one attached hydrogen (secondary N) is 2. The summed E-state index contributed by atoms with van der Waals surface area (Å²) in [5, 5.41) is 15.3. The van der Waals surface area contributed by atoms with Crippen molar-refractivity contribution in [1.29, 1.82) is 0 Å². The number of anilines is 1. The molecule has 0 heterocycles. The van der Waals surface area contributed by atoms with Gasteiger partial charge in [-0.3, -0.25) is 14.4 Å². The van der Waals surface area contributed by atoms with Crippen LogP contribution < -0.4 is 20.1 Å². The van der Waals surface area contributed by atoms with Gasteiger partial charge in [0, 0.05) is 33.3 Å². The Balaban J connectivity index is 1.52. The molecule has 41 heavy (non-hydrogen) atoms. The molecular formula is C32H28N2O6S. The molecule has 0 bridgehead atoms. The molecule has 0 aliphatic carbocycles. The fourth-order valence-corrected chi connectivity index (χ4v) is 4.66. The third-order valence-electron chi connectivity index (χ3n) is 5.90. The van der Waals surface area contributed by atoms with Crippen molar-refractivity contribution in [1.82, 2.24) is 5.32 Å². The molecule has 2 amide bonds. The van der Waals surface area contributed by atoms with E-state index in [9.17, 15) is 19.5 Å². The maximum absolute atomic E-state index is 13.4. The lowest BCUT2D eigenvalue weighted by molar-refractivity contribution is -0.113. The van der Waals surface area contributed by atoms with E-state index in [2.05, 4.69) is 10.6 Å². The van der Waals surface area contributed by atoms with Gasteiger partial charge >= 0.3 is 0 Å². The largest absolute Gasteiger partial charge is 0.508 e. The first-order valence-corrected chi connectivity index (χ1v) is 13.5. The number of carbonyl (C=O) groups excluding carboxylic acids is 3. The molecule has 0 atom stereocenters. The van der Waals surface area contributed by atoms with Crippen molar-refractivity contribution in [2.24, 2.45) is 0 Å². The van der Waals surface area contributed by atoms with Crippen molar-refractivity contribution in [3.05, 3.63) is 119 Å². The molecule has 0 saturated carbocycles. The fraction of sp³-hybridized carbons (Fsp3) is 0.0938. The second-order valence-corrected chi connectivity index (χ2v) is 9.78. The zero-order valence-electron chi connectivity index (χ0n) is 22.4. The van der Waals surface area contributed by atoms with E-state index in [0.717, 1.165) is 4.90 Å². The van der Waals surface area contributed by atoms with E-state index < -0.39 is 11.8 Å². The maximum atomic E-state index is 13.4. The highest BCUT2D eigenvalue weighted by molar-refractivity contribution is 8.00. The predicted octanol–water partition coefficient (Wildman–Crippen LogP) is 5.79. The van der Waals surface area contributed by atoms with Crippen LogP contribution in [0.15, 0.2) is 108 Å². The number of methoxy groups -OCH3 is 2. The Morgan fingerprint density at radius 2 is 1.59 bits per heavy atom. The number of phenols is 1. The van der Waals surface area contributed by atoms with Crippen LogP contribution in [-0.2, 0) is 4.79 Å². The molecule has 9 heteroatoms. The minimum absolute atomic E-state index is 0.00230. The minimum atomic E-state index is -0.570. The first kappa shape index (κ1) is 29.0. The Morgan fingerprint density at radius 3 is 2.34 bits per heavy atom. The van der Waals surface area contributed by atoms with E-state index in [4.69, 9.17) is 9.47 Å². The Morgan fingerprint density at radius 1 is 0.829 bits per heavy atom. The topological polar surface area (TPSA) is 114 Å². The van der Waals surface area contributed by atoms with Gasteiger partial charge in [-0.1, -0.05) is 36.4 Å². The number of hydrogen-bond acceptors (Lipinski definition) is 7. The molecule has 4 aromatic rings. The van der Waals surface area contributed by atoms with Gasteiger partial charge in [0.1, 0.15) is 22.9 Å². The first-order valence-electron chi connectivity index (χ1n) is 12.5. The number of ether oxygens (including phenoxy) is 2. The van der Waals surface area contributed by atoms with Gasteiger partial charge in [0.15, 0.2) is 5.78 Å². The summed E-state index contributed by atoms with van der Waals surface area (Å²) >= 11 is 1.34. The predicted molar refractivity (Wildman–Crippen MR) is 160 cm³/mol. The lowest BCUT2D eigenvalue weighted by Crippen LogP contribution is -2.30. The van der Waals surface area contributed by atoms with Crippen LogP contribution in [0.3, 0.4) is 0 Å². The zero-order valence-corrected chi connectivity index (χ0v) is 23.2. The SMILES string of the molecule is COc1cccc(C(=O)CSc2cccc(NC(=O)/C(=C/c3ccc(O)cc3OC)NC(=O)c3ccccc3)c2)c1. The second-order valence-electron chi connectivity index (χ2n) is 8.73. The summed E-state index contributed by atoms with van der Waals surface area (Å²) in [5.41, 5.74) is 1.85. The number of benzene rings is 4. The molecular weight excluding hydrogens is 540 g/mol. The van der Waals surface area contributed by atoms with Crippen LogP contribution in [0.5, 0.6) is 17.2 Å². The Hall–Kier alpha value is -5.02. The normalized spacial score (nSPS) is 10.9. The molecule has 0 fully saturated rings. The van der Waals surface area contributed by atoms with Crippen molar-refractivity contribution < 1.29 is 29.0 Å². The Kier molecular flexibility index (Phi) is 9.80. The molecule has 0 saturated heterocycles. The van der Waals surface area contributed by atoms with Crippen molar-refractivity contribution in [3.63, 3.8) is 0 Å². The summed E-state index contributed by atoms with van der Waals surface area (Å²) in [4.78, 5) is 39.8. The number of amides is 2. The minimum Gasteiger partial charge on any atom is -0.508 e. The maximum Gasteiger partial charge on any atom is 0.272 e. The molecule has 8 nitrogen and oxygen atoms in total.